The third-order valence-corrected chi connectivity index (χ3v) is 7.07. The van der Waals surface area contributed by atoms with Crippen molar-refractivity contribution in [3.8, 4) is 0 Å². The Morgan fingerprint density at radius 1 is 1.10 bits per heavy atom. The molecule has 1 aromatic carbocycles. The molecule has 0 saturated heterocycles. The Bertz CT molecular complexity index is 828. The predicted molar refractivity (Wildman–Crippen MR) is 123 cm³/mol. The van der Waals surface area contributed by atoms with Gasteiger partial charge in [-0.2, -0.15) is 0 Å². The van der Waals surface area contributed by atoms with Crippen LogP contribution in [0.2, 0.25) is 0 Å². The van der Waals surface area contributed by atoms with Crippen molar-refractivity contribution in [1.82, 2.24) is 25.0 Å². The summed E-state index contributed by atoms with van der Waals surface area (Å²) in [7, 11) is 0. The lowest BCUT2D eigenvalue weighted by atomic mass is 9.89. The van der Waals surface area contributed by atoms with E-state index in [9.17, 15) is 4.79 Å². The Balaban J connectivity index is 1.23. The highest BCUT2D eigenvalue weighted by atomic mass is 16.1. The number of nitrogens with zero attached hydrogens (tertiary/aromatic N) is 4. The minimum absolute atomic E-state index is 0.219. The van der Waals surface area contributed by atoms with E-state index < -0.39 is 0 Å². The van der Waals surface area contributed by atoms with Gasteiger partial charge < -0.3 is 14.8 Å². The van der Waals surface area contributed by atoms with Gasteiger partial charge in [-0.1, -0.05) is 56.5 Å². The molecule has 1 N–H and O–H groups in total. The SMILES string of the molecule is CC(CCN1CCc2nnc(CCNC(=O)C3CCCCC3)n2CC1)c1ccccc1. The molecule has 4 rings (SSSR count). The van der Waals surface area contributed by atoms with Gasteiger partial charge in [-0.15, -0.1) is 10.2 Å². The summed E-state index contributed by atoms with van der Waals surface area (Å²) in [6, 6.07) is 10.8. The average molecular weight is 424 g/mol. The van der Waals surface area contributed by atoms with Crippen molar-refractivity contribution in [3.05, 3.63) is 47.5 Å². The lowest BCUT2D eigenvalue weighted by Gasteiger charge is -2.22. The Hall–Kier alpha value is -2.21. The second kappa shape index (κ2) is 10.9. The lowest BCUT2D eigenvalue weighted by molar-refractivity contribution is -0.125. The van der Waals surface area contributed by atoms with Crippen LogP contribution in [0, 0.1) is 5.92 Å². The smallest absolute Gasteiger partial charge is 0.223 e. The molecule has 1 aliphatic carbocycles. The van der Waals surface area contributed by atoms with Crippen LogP contribution in [-0.2, 0) is 24.2 Å². The molecule has 1 unspecified atom stereocenters. The van der Waals surface area contributed by atoms with Gasteiger partial charge in [0.1, 0.15) is 11.6 Å². The normalized spacial score (nSPS) is 18.9. The van der Waals surface area contributed by atoms with Crippen molar-refractivity contribution < 1.29 is 4.79 Å². The lowest BCUT2D eigenvalue weighted by Crippen LogP contribution is -2.33. The molecule has 2 aromatic rings. The Kier molecular flexibility index (Phi) is 7.73. The van der Waals surface area contributed by atoms with Crippen molar-refractivity contribution in [2.45, 2.75) is 70.8 Å². The van der Waals surface area contributed by atoms with Crippen LogP contribution in [0.25, 0.3) is 0 Å². The fraction of sp³-hybridized carbons (Fsp3) is 0.640. The molecule has 6 nitrogen and oxygen atoms in total. The van der Waals surface area contributed by atoms with Gasteiger partial charge in [0.25, 0.3) is 0 Å². The van der Waals surface area contributed by atoms with Gasteiger partial charge in [0.2, 0.25) is 5.91 Å². The van der Waals surface area contributed by atoms with E-state index in [2.05, 4.69) is 62.2 Å². The molecule has 1 aliphatic heterocycles. The largest absolute Gasteiger partial charge is 0.355 e. The maximum absolute atomic E-state index is 12.4. The summed E-state index contributed by atoms with van der Waals surface area (Å²) in [4.78, 5) is 14.9. The average Bonchev–Trinajstić information content (AvgIpc) is 3.09. The number of carbonyl (C=O) groups is 1. The zero-order valence-corrected chi connectivity index (χ0v) is 18.9. The van der Waals surface area contributed by atoms with E-state index in [1.807, 2.05) is 0 Å². The second-order valence-corrected chi connectivity index (χ2v) is 9.25. The van der Waals surface area contributed by atoms with Crippen LogP contribution in [0.5, 0.6) is 0 Å². The summed E-state index contributed by atoms with van der Waals surface area (Å²) in [5.41, 5.74) is 1.42. The van der Waals surface area contributed by atoms with Gasteiger partial charge in [0.15, 0.2) is 0 Å². The van der Waals surface area contributed by atoms with Crippen molar-refractivity contribution in [3.63, 3.8) is 0 Å². The van der Waals surface area contributed by atoms with E-state index in [0.29, 0.717) is 12.5 Å². The standard InChI is InChI=1S/C25H37N5O/c1-20(21-8-4-2-5-9-21)13-16-29-17-14-24-28-27-23(30(24)19-18-29)12-15-26-25(31)22-10-6-3-7-11-22/h2,4-5,8-9,20,22H,3,6-7,10-19H2,1H3,(H,26,31). The van der Waals surface area contributed by atoms with Crippen molar-refractivity contribution in [2.75, 3.05) is 26.2 Å². The van der Waals surface area contributed by atoms with E-state index in [4.69, 9.17) is 0 Å². The molecule has 0 radical (unpaired) electrons. The zero-order chi connectivity index (χ0) is 21.5. The van der Waals surface area contributed by atoms with Crippen LogP contribution < -0.4 is 5.32 Å². The van der Waals surface area contributed by atoms with E-state index in [-0.39, 0.29) is 11.8 Å². The summed E-state index contributed by atoms with van der Waals surface area (Å²) in [5.74, 6) is 3.13. The summed E-state index contributed by atoms with van der Waals surface area (Å²) in [6.07, 6.45) is 8.63. The first-order valence-electron chi connectivity index (χ1n) is 12.2. The van der Waals surface area contributed by atoms with Gasteiger partial charge >= 0.3 is 0 Å². The van der Waals surface area contributed by atoms with Crippen molar-refractivity contribution >= 4 is 5.91 Å². The number of nitrogens with one attached hydrogen (secondary N) is 1. The molecule has 31 heavy (non-hydrogen) atoms. The number of rotatable bonds is 8. The van der Waals surface area contributed by atoms with Gasteiger partial charge in [-0.05, 0) is 37.3 Å². The number of carbonyl (C=O) groups excluding carboxylic acids is 1. The number of hydrogen-bond acceptors (Lipinski definition) is 4. The van der Waals surface area contributed by atoms with E-state index in [1.54, 1.807) is 0 Å². The third kappa shape index (κ3) is 5.94. The van der Waals surface area contributed by atoms with Crippen LogP contribution in [0.15, 0.2) is 30.3 Å². The summed E-state index contributed by atoms with van der Waals surface area (Å²) in [5, 5.41) is 12.0. The van der Waals surface area contributed by atoms with Crippen molar-refractivity contribution in [2.24, 2.45) is 5.92 Å². The van der Waals surface area contributed by atoms with Gasteiger partial charge in [0, 0.05) is 44.9 Å². The molecule has 0 spiro atoms. The topological polar surface area (TPSA) is 63.1 Å². The molecule has 6 heteroatoms. The molecule has 1 aromatic heterocycles. The third-order valence-electron chi connectivity index (χ3n) is 7.07. The number of aromatic nitrogens is 3. The Morgan fingerprint density at radius 2 is 1.90 bits per heavy atom. The van der Waals surface area contributed by atoms with Gasteiger partial charge in [-0.25, -0.2) is 0 Å². The number of fused-ring (bicyclic) bond motifs is 1. The molecule has 168 valence electrons. The minimum Gasteiger partial charge on any atom is -0.355 e. The highest BCUT2D eigenvalue weighted by molar-refractivity contribution is 5.78. The molecule has 1 fully saturated rings. The molecular formula is C25H37N5O. The van der Waals surface area contributed by atoms with E-state index in [0.717, 1.165) is 63.5 Å². The monoisotopic (exact) mass is 423 g/mol. The van der Waals surface area contributed by atoms with Gasteiger partial charge in [-0.3, -0.25) is 4.79 Å². The number of benzene rings is 1. The van der Waals surface area contributed by atoms with Crippen LogP contribution in [0.1, 0.15) is 68.6 Å². The molecule has 2 heterocycles. The summed E-state index contributed by atoms with van der Waals surface area (Å²) in [6.45, 7) is 7.11. The first-order chi connectivity index (χ1) is 15.2. The van der Waals surface area contributed by atoms with E-state index in [1.165, 1.54) is 31.2 Å². The number of hydrogen-bond donors (Lipinski definition) is 1. The quantitative estimate of drug-likeness (QED) is 0.705. The fourth-order valence-corrected chi connectivity index (χ4v) is 4.97. The summed E-state index contributed by atoms with van der Waals surface area (Å²) >= 11 is 0. The molecule has 2 aliphatic rings. The van der Waals surface area contributed by atoms with E-state index >= 15 is 0 Å². The fourth-order valence-electron chi connectivity index (χ4n) is 4.97. The Morgan fingerprint density at radius 3 is 2.71 bits per heavy atom. The van der Waals surface area contributed by atoms with Crippen LogP contribution >= 0.6 is 0 Å². The second-order valence-electron chi connectivity index (χ2n) is 9.25. The Labute approximate surface area is 186 Å². The molecule has 1 saturated carbocycles. The molecule has 1 atom stereocenters. The van der Waals surface area contributed by atoms with Crippen LogP contribution in [-0.4, -0.2) is 51.8 Å². The highest BCUT2D eigenvalue weighted by Gasteiger charge is 2.22. The van der Waals surface area contributed by atoms with Crippen LogP contribution in [0.4, 0.5) is 0 Å². The first kappa shape index (κ1) is 22.0. The molecule has 1 amide bonds. The summed E-state index contributed by atoms with van der Waals surface area (Å²) < 4.78 is 2.29. The van der Waals surface area contributed by atoms with Crippen molar-refractivity contribution in [1.29, 1.82) is 0 Å². The minimum atomic E-state index is 0.219. The molecular weight excluding hydrogens is 386 g/mol. The van der Waals surface area contributed by atoms with Crippen LogP contribution in [0.3, 0.4) is 0 Å². The maximum Gasteiger partial charge on any atom is 0.223 e. The first-order valence-corrected chi connectivity index (χ1v) is 12.2. The maximum atomic E-state index is 12.4. The highest BCUT2D eigenvalue weighted by Crippen LogP contribution is 2.23. The molecule has 0 bridgehead atoms. The predicted octanol–water partition coefficient (Wildman–Crippen LogP) is 3.57. The zero-order valence-electron chi connectivity index (χ0n) is 18.9. The number of amides is 1. The van der Waals surface area contributed by atoms with Gasteiger partial charge in [0.05, 0.1) is 0 Å².